The maximum Gasteiger partial charge on any atom is 0.333 e. The van der Waals surface area contributed by atoms with Gasteiger partial charge < -0.3 is 9.84 Å². The molecule has 3 rings (SSSR count). The second-order valence-corrected chi connectivity index (χ2v) is 8.25. The van der Waals surface area contributed by atoms with Crippen LogP contribution in [0.1, 0.15) is 42.5 Å². The summed E-state index contributed by atoms with van der Waals surface area (Å²) in [6.45, 7) is 9.86. The number of aryl methyl sites for hydroxylation is 3. The van der Waals surface area contributed by atoms with Gasteiger partial charge in [0, 0.05) is 5.57 Å². The Morgan fingerprint density at radius 2 is 1.56 bits per heavy atom. The van der Waals surface area contributed by atoms with E-state index < -0.39 is 0 Å². The summed E-state index contributed by atoms with van der Waals surface area (Å²) in [4.78, 5) is 11.6. The molecule has 0 heterocycles. The van der Waals surface area contributed by atoms with Crippen molar-refractivity contribution in [3.8, 4) is 22.3 Å². The third kappa shape index (κ3) is 5.74. The van der Waals surface area contributed by atoms with Gasteiger partial charge in [0.1, 0.15) is 0 Å². The molecule has 0 aliphatic rings. The average Bonchev–Trinajstić information content (AvgIpc) is 2.81. The average molecular weight is 429 g/mol. The first kappa shape index (κ1) is 23.5. The maximum absolute atomic E-state index is 11.6. The molecular weight excluding hydrogens is 396 g/mol. The van der Waals surface area contributed by atoms with E-state index in [9.17, 15) is 9.90 Å². The van der Waals surface area contributed by atoms with Gasteiger partial charge in [-0.15, -0.1) is 0 Å². The summed E-state index contributed by atoms with van der Waals surface area (Å²) < 4.78 is 5.21. The minimum absolute atomic E-state index is 0.00579. The van der Waals surface area contributed by atoms with Crippen LogP contribution in [0.15, 0.2) is 72.8 Å². The van der Waals surface area contributed by atoms with Crippen molar-refractivity contribution in [3.05, 3.63) is 95.1 Å². The fourth-order valence-corrected chi connectivity index (χ4v) is 3.82. The van der Waals surface area contributed by atoms with Crippen molar-refractivity contribution in [2.24, 2.45) is 0 Å². The van der Waals surface area contributed by atoms with Crippen molar-refractivity contribution in [2.75, 3.05) is 6.61 Å². The number of hydrogen-bond acceptors (Lipinski definition) is 3. The summed E-state index contributed by atoms with van der Waals surface area (Å²) in [6, 6.07) is 21.5. The Labute approximate surface area is 191 Å². The van der Waals surface area contributed by atoms with Crippen molar-refractivity contribution >= 4 is 5.97 Å². The first-order chi connectivity index (χ1) is 15.4. The van der Waals surface area contributed by atoms with Crippen LogP contribution >= 0.6 is 0 Å². The highest BCUT2D eigenvalue weighted by Crippen LogP contribution is 2.31. The molecule has 0 spiro atoms. The van der Waals surface area contributed by atoms with Crippen molar-refractivity contribution in [3.63, 3.8) is 0 Å². The summed E-state index contributed by atoms with van der Waals surface area (Å²) in [6.07, 6.45) is 2.36. The Balaban J connectivity index is 1.83. The predicted molar refractivity (Wildman–Crippen MR) is 131 cm³/mol. The minimum Gasteiger partial charge on any atom is -0.462 e. The van der Waals surface area contributed by atoms with E-state index >= 15 is 0 Å². The topological polar surface area (TPSA) is 46.5 Å². The van der Waals surface area contributed by atoms with E-state index in [1.54, 1.807) is 6.92 Å². The molecule has 1 N–H and O–H groups in total. The van der Waals surface area contributed by atoms with E-state index in [0.29, 0.717) is 18.6 Å². The smallest absolute Gasteiger partial charge is 0.333 e. The summed E-state index contributed by atoms with van der Waals surface area (Å²) >= 11 is 0. The zero-order valence-corrected chi connectivity index (χ0v) is 19.3. The van der Waals surface area contributed by atoms with Crippen molar-refractivity contribution in [1.82, 2.24) is 0 Å². The lowest BCUT2D eigenvalue weighted by molar-refractivity contribution is -0.139. The zero-order valence-electron chi connectivity index (χ0n) is 19.3. The van der Waals surface area contributed by atoms with Gasteiger partial charge in [0.2, 0.25) is 0 Å². The van der Waals surface area contributed by atoms with Gasteiger partial charge in [-0.3, -0.25) is 0 Å². The van der Waals surface area contributed by atoms with E-state index in [4.69, 9.17) is 4.74 Å². The molecule has 0 saturated carbocycles. The molecule has 0 aliphatic carbocycles. The van der Waals surface area contributed by atoms with E-state index in [0.717, 1.165) is 29.5 Å². The SMILES string of the molecule is C=C(C)C(=O)OCCCc1cc(-c2ccc(-c3ccc(C)cc3)cc2CC)ccc1CO. The van der Waals surface area contributed by atoms with Gasteiger partial charge in [-0.1, -0.05) is 79.7 Å². The molecule has 0 amide bonds. The number of rotatable bonds is 9. The van der Waals surface area contributed by atoms with Crippen LogP contribution in [0.3, 0.4) is 0 Å². The molecule has 0 saturated heterocycles. The Morgan fingerprint density at radius 1 is 0.906 bits per heavy atom. The molecule has 166 valence electrons. The summed E-state index contributed by atoms with van der Waals surface area (Å²) in [5.41, 5.74) is 9.74. The third-order valence-electron chi connectivity index (χ3n) is 5.73. The van der Waals surface area contributed by atoms with Gasteiger partial charge >= 0.3 is 5.97 Å². The summed E-state index contributed by atoms with van der Waals surface area (Å²) in [5, 5.41) is 9.78. The van der Waals surface area contributed by atoms with Crippen molar-refractivity contribution < 1.29 is 14.6 Å². The largest absolute Gasteiger partial charge is 0.462 e. The molecule has 0 aliphatic heterocycles. The highest BCUT2D eigenvalue weighted by molar-refractivity contribution is 5.86. The Hall–Kier alpha value is -3.17. The van der Waals surface area contributed by atoms with Crippen LogP contribution in [0.4, 0.5) is 0 Å². The van der Waals surface area contributed by atoms with Gasteiger partial charge in [-0.05, 0) is 72.1 Å². The third-order valence-corrected chi connectivity index (χ3v) is 5.73. The van der Waals surface area contributed by atoms with Crippen LogP contribution in [0.5, 0.6) is 0 Å². The second-order valence-electron chi connectivity index (χ2n) is 8.25. The van der Waals surface area contributed by atoms with Gasteiger partial charge in [-0.25, -0.2) is 4.79 Å². The standard InChI is InChI=1S/C29H32O3/c1-5-22-17-25(23-10-8-21(4)9-11-23)14-15-28(22)26-12-13-27(19-30)24(18-26)7-6-16-32-29(31)20(2)3/h8-15,17-18,30H,2,5-7,16,19H2,1,3-4H3. The fraction of sp³-hybridized carbons (Fsp3) is 0.276. The quantitative estimate of drug-likeness (QED) is 0.242. The van der Waals surface area contributed by atoms with Crippen molar-refractivity contribution in [2.45, 2.75) is 46.6 Å². The Bertz CT molecular complexity index is 1090. The zero-order chi connectivity index (χ0) is 23.1. The van der Waals surface area contributed by atoms with Gasteiger partial charge in [-0.2, -0.15) is 0 Å². The van der Waals surface area contributed by atoms with Crippen LogP contribution in [0, 0.1) is 6.92 Å². The van der Waals surface area contributed by atoms with Crippen LogP contribution in [-0.2, 0) is 29.0 Å². The molecule has 0 aromatic heterocycles. The highest BCUT2D eigenvalue weighted by atomic mass is 16.5. The molecule has 3 aromatic rings. The number of benzene rings is 3. The molecule has 0 bridgehead atoms. The normalized spacial score (nSPS) is 10.8. The molecule has 0 unspecified atom stereocenters. The number of aliphatic hydroxyl groups excluding tert-OH is 1. The van der Waals surface area contributed by atoms with E-state index in [-0.39, 0.29) is 12.6 Å². The van der Waals surface area contributed by atoms with Crippen LogP contribution < -0.4 is 0 Å². The Kier molecular flexibility index (Phi) is 8.02. The second kappa shape index (κ2) is 10.9. The molecule has 0 radical (unpaired) electrons. The molecule has 0 atom stereocenters. The lowest BCUT2D eigenvalue weighted by atomic mass is 9.91. The molecule has 32 heavy (non-hydrogen) atoms. The monoisotopic (exact) mass is 428 g/mol. The number of ether oxygens (including phenoxy) is 1. The van der Waals surface area contributed by atoms with Gasteiger partial charge in [0.05, 0.1) is 13.2 Å². The minimum atomic E-state index is -0.359. The first-order valence-corrected chi connectivity index (χ1v) is 11.2. The first-order valence-electron chi connectivity index (χ1n) is 11.2. The number of hydrogen-bond donors (Lipinski definition) is 1. The number of aliphatic hydroxyl groups is 1. The highest BCUT2D eigenvalue weighted by Gasteiger charge is 2.11. The van der Waals surface area contributed by atoms with E-state index in [1.165, 1.54) is 27.8 Å². The van der Waals surface area contributed by atoms with E-state index in [1.807, 2.05) is 6.07 Å². The molecule has 3 heteroatoms. The molecule has 3 aromatic carbocycles. The maximum atomic E-state index is 11.6. The number of carbonyl (C=O) groups excluding carboxylic acids is 1. The summed E-state index contributed by atoms with van der Waals surface area (Å²) in [7, 11) is 0. The van der Waals surface area contributed by atoms with Crippen LogP contribution in [-0.4, -0.2) is 17.7 Å². The van der Waals surface area contributed by atoms with Crippen molar-refractivity contribution in [1.29, 1.82) is 0 Å². The molecule has 0 fully saturated rings. The molecular formula is C29H32O3. The van der Waals surface area contributed by atoms with Crippen LogP contribution in [0.25, 0.3) is 22.3 Å². The Morgan fingerprint density at radius 3 is 2.22 bits per heavy atom. The lowest BCUT2D eigenvalue weighted by Gasteiger charge is -2.15. The fourth-order valence-electron chi connectivity index (χ4n) is 3.82. The van der Waals surface area contributed by atoms with Gasteiger partial charge in [0.25, 0.3) is 0 Å². The van der Waals surface area contributed by atoms with Gasteiger partial charge in [0.15, 0.2) is 0 Å². The predicted octanol–water partition coefficient (Wildman–Crippen LogP) is 6.44. The lowest BCUT2D eigenvalue weighted by Crippen LogP contribution is -2.07. The number of esters is 1. The molecule has 3 nitrogen and oxygen atoms in total. The number of carbonyl (C=O) groups is 1. The van der Waals surface area contributed by atoms with E-state index in [2.05, 4.69) is 75.0 Å². The van der Waals surface area contributed by atoms with Crippen LogP contribution in [0.2, 0.25) is 0 Å². The summed E-state index contributed by atoms with van der Waals surface area (Å²) in [5.74, 6) is -0.359.